The second kappa shape index (κ2) is 5.09. The monoisotopic (exact) mass is 176 g/mol. The molecular formula is C10H12N2O. The quantitative estimate of drug-likeness (QED) is 0.386. The van der Waals surface area contributed by atoms with Crippen molar-refractivity contribution in [1.82, 2.24) is 0 Å². The maximum Gasteiger partial charge on any atom is 0.198 e. The Labute approximate surface area is 77.7 Å². The molecule has 13 heavy (non-hydrogen) atoms. The molecule has 1 aromatic carbocycles. The molecule has 1 rings (SSSR count). The molecule has 0 aliphatic heterocycles. The summed E-state index contributed by atoms with van der Waals surface area (Å²) in [6.07, 6.45) is 1.69. The first kappa shape index (κ1) is 9.45. The number of benzene rings is 1. The molecular weight excluding hydrogens is 164 g/mol. The zero-order valence-electron chi connectivity index (χ0n) is 7.77. The highest BCUT2D eigenvalue weighted by Gasteiger charge is 1.98. The minimum absolute atomic E-state index is 0.589. The van der Waals surface area contributed by atoms with Gasteiger partial charge < -0.3 is 4.84 Å². The van der Waals surface area contributed by atoms with Gasteiger partial charge in [0.2, 0.25) is 0 Å². The molecule has 0 bridgehead atoms. The van der Waals surface area contributed by atoms with Crippen LogP contribution in [0.2, 0.25) is 0 Å². The van der Waals surface area contributed by atoms with Gasteiger partial charge >= 0.3 is 0 Å². The van der Waals surface area contributed by atoms with Crippen molar-refractivity contribution in [3.63, 3.8) is 0 Å². The number of rotatable bonds is 2. The van der Waals surface area contributed by atoms with Crippen LogP contribution in [0.25, 0.3) is 0 Å². The standard InChI is InChI=1S/C10H12N2O/c1-3-11-10(12-13-2)9-7-5-4-6-8-9/h3-8H,1-2H3/b11-3?,12-10-. The molecule has 3 nitrogen and oxygen atoms in total. The minimum atomic E-state index is 0.589. The van der Waals surface area contributed by atoms with Crippen molar-refractivity contribution in [3.8, 4) is 0 Å². The highest BCUT2D eigenvalue weighted by atomic mass is 16.6. The lowest BCUT2D eigenvalue weighted by Gasteiger charge is -1.98. The van der Waals surface area contributed by atoms with Crippen molar-refractivity contribution in [3.05, 3.63) is 35.9 Å². The lowest BCUT2D eigenvalue weighted by Crippen LogP contribution is -1.97. The van der Waals surface area contributed by atoms with Crippen molar-refractivity contribution in [1.29, 1.82) is 0 Å². The number of hydrogen-bond donors (Lipinski definition) is 0. The smallest absolute Gasteiger partial charge is 0.198 e. The number of nitrogens with zero attached hydrogens (tertiary/aromatic N) is 2. The first-order valence-corrected chi connectivity index (χ1v) is 4.03. The van der Waals surface area contributed by atoms with Crippen LogP contribution in [0.4, 0.5) is 0 Å². The molecule has 0 aromatic heterocycles. The summed E-state index contributed by atoms with van der Waals surface area (Å²) in [6.45, 7) is 1.84. The van der Waals surface area contributed by atoms with Gasteiger partial charge in [-0.05, 0) is 6.92 Å². The van der Waals surface area contributed by atoms with Crippen LogP contribution in [0.15, 0.2) is 40.5 Å². The predicted octanol–water partition coefficient (Wildman–Crippen LogP) is 2.09. The van der Waals surface area contributed by atoms with E-state index < -0.39 is 0 Å². The molecule has 0 fully saturated rings. The van der Waals surface area contributed by atoms with Crippen molar-refractivity contribution in [2.75, 3.05) is 7.11 Å². The predicted molar refractivity (Wildman–Crippen MR) is 54.2 cm³/mol. The first-order valence-electron chi connectivity index (χ1n) is 4.03. The van der Waals surface area contributed by atoms with E-state index in [4.69, 9.17) is 0 Å². The van der Waals surface area contributed by atoms with Crippen molar-refractivity contribution in [2.24, 2.45) is 10.1 Å². The van der Waals surface area contributed by atoms with Gasteiger partial charge in [0, 0.05) is 11.8 Å². The molecule has 0 radical (unpaired) electrons. The maximum atomic E-state index is 4.69. The van der Waals surface area contributed by atoms with E-state index in [1.54, 1.807) is 6.21 Å². The van der Waals surface area contributed by atoms with Gasteiger partial charge in [-0.15, -0.1) is 0 Å². The normalized spacial score (nSPS) is 12.0. The lowest BCUT2D eigenvalue weighted by atomic mass is 10.2. The summed E-state index contributed by atoms with van der Waals surface area (Å²) in [4.78, 5) is 8.77. The van der Waals surface area contributed by atoms with Gasteiger partial charge in [0.15, 0.2) is 5.84 Å². The van der Waals surface area contributed by atoms with E-state index in [-0.39, 0.29) is 0 Å². The Kier molecular flexibility index (Phi) is 3.70. The largest absolute Gasteiger partial charge is 0.397 e. The van der Waals surface area contributed by atoms with Crippen LogP contribution < -0.4 is 0 Å². The Morgan fingerprint density at radius 1 is 1.31 bits per heavy atom. The Bertz CT molecular complexity index is 304. The summed E-state index contributed by atoms with van der Waals surface area (Å²) in [6, 6.07) is 9.69. The highest BCUT2D eigenvalue weighted by Crippen LogP contribution is 2.02. The third-order valence-electron chi connectivity index (χ3n) is 1.46. The molecule has 0 aliphatic carbocycles. The SMILES string of the molecule is CC=N/C(=N\OC)c1ccccc1. The number of amidine groups is 1. The third-order valence-corrected chi connectivity index (χ3v) is 1.46. The maximum absolute atomic E-state index is 4.69. The minimum Gasteiger partial charge on any atom is -0.397 e. The molecule has 68 valence electrons. The molecule has 0 spiro atoms. The van der Waals surface area contributed by atoms with E-state index in [0.717, 1.165) is 5.56 Å². The molecule has 0 saturated heterocycles. The Morgan fingerprint density at radius 3 is 2.54 bits per heavy atom. The Hall–Kier alpha value is -1.64. The van der Waals surface area contributed by atoms with Crippen LogP contribution in [0.1, 0.15) is 12.5 Å². The molecule has 0 atom stereocenters. The van der Waals surface area contributed by atoms with E-state index in [0.29, 0.717) is 5.84 Å². The fourth-order valence-corrected chi connectivity index (χ4v) is 0.947. The average molecular weight is 176 g/mol. The van der Waals surface area contributed by atoms with E-state index in [9.17, 15) is 0 Å². The molecule has 0 aliphatic rings. The molecule has 0 heterocycles. The van der Waals surface area contributed by atoms with E-state index in [2.05, 4.69) is 15.0 Å². The van der Waals surface area contributed by atoms with Crippen LogP contribution in [0, 0.1) is 0 Å². The average Bonchev–Trinajstić information content (AvgIpc) is 2.19. The Balaban J connectivity index is 2.96. The number of hydrogen-bond acceptors (Lipinski definition) is 2. The van der Waals surface area contributed by atoms with Gasteiger partial charge in [-0.1, -0.05) is 35.5 Å². The number of oxime groups is 1. The molecule has 0 unspecified atom stereocenters. The van der Waals surface area contributed by atoms with E-state index in [1.165, 1.54) is 7.11 Å². The number of aliphatic imine (C=N–C) groups is 1. The Morgan fingerprint density at radius 2 is 2.00 bits per heavy atom. The second-order valence-electron chi connectivity index (χ2n) is 2.35. The van der Waals surface area contributed by atoms with Gasteiger partial charge in [0.05, 0.1) is 0 Å². The highest BCUT2D eigenvalue weighted by molar-refractivity contribution is 6.02. The van der Waals surface area contributed by atoms with Crippen molar-refractivity contribution < 1.29 is 4.84 Å². The van der Waals surface area contributed by atoms with Gasteiger partial charge in [-0.25, -0.2) is 4.99 Å². The summed E-state index contributed by atoms with van der Waals surface area (Å²) < 4.78 is 0. The summed E-state index contributed by atoms with van der Waals surface area (Å²) in [5.41, 5.74) is 0.947. The van der Waals surface area contributed by atoms with Crippen LogP contribution in [0.5, 0.6) is 0 Å². The zero-order valence-corrected chi connectivity index (χ0v) is 7.77. The fraction of sp³-hybridized carbons (Fsp3) is 0.200. The van der Waals surface area contributed by atoms with Crippen molar-refractivity contribution >= 4 is 12.1 Å². The van der Waals surface area contributed by atoms with Crippen molar-refractivity contribution in [2.45, 2.75) is 6.92 Å². The van der Waals surface area contributed by atoms with Crippen LogP contribution in [-0.4, -0.2) is 19.2 Å². The van der Waals surface area contributed by atoms with E-state index >= 15 is 0 Å². The molecule has 0 amide bonds. The van der Waals surface area contributed by atoms with Crippen LogP contribution in [-0.2, 0) is 4.84 Å². The first-order chi connectivity index (χ1) is 6.38. The summed E-state index contributed by atoms with van der Waals surface area (Å²) in [7, 11) is 1.51. The molecule has 1 aromatic rings. The van der Waals surface area contributed by atoms with Crippen LogP contribution >= 0.6 is 0 Å². The summed E-state index contributed by atoms with van der Waals surface area (Å²) in [5, 5.41) is 3.80. The van der Waals surface area contributed by atoms with Gasteiger partial charge in [0.1, 0.15) is 7.11 Å². The van der Waals surface area contributed by atoms with Gasteiger partial charge in [-0.3, -0.25) is 0 Å². The van der Waals surface area contributed by atoms with E-state index in [1.807, 2.05) is 37.3 Å². The topological polar surface area (TPSA) is 34.0 Å². The van der Waals surface area contributed by atoms with Gasteiger partial charge in [0.25, 0.3) is 0 Å². The molecule has 0 N–H and O–H groups in total. The van der Waals surface area contributed by atoms with Crippen LogP contribution in [0.3, 0.4) is 0 Å². The van der Waals surface area contributed by atoms with Gasteiger partial charge in [-0.2, -0.15) is 0 Å². The fourth-order valence-electron chi connectivity index (χ4n) is 0.947. The molecule has 3 heteroatoms. The lowest BCUT2D eigenvalue weighted by molar-refractivity contribution is 0.213. The second-order valence-corrected chi connectivity index (χ2v) is 2.35. The third kappa shape index (κ3) is 2.71. The zero-order chi connectivity index (χ0) is 9.52. The summed E-state index contributed by atoms with van der Waals surface area (Å²) in [5.74, 6) is 0.589. The summed E-state index contributed by atoms with van der Waals surface area (Å²) >= 11 is 0. The molecule has 0 saturated carbocycles.